The van der Waals surface area contributed by atoms with Gasteiger partial charge in [0.1, 0.15) is 11.2 Å². The topological polar surface area (TPSA) is 76.1 Å². The standard InChI is InChI=1S/C9H17NO3.C5H10O2/c1-9(2,3)13-8(12)10-5-4-7(11)6-10;1-5(2,3)7-4-6/h7,11H,4-6H2,1-3H3;4H,1-3H3. The van der Waals surface area contributed by atoms with Gasteiger partial charge >= 0.3 is 6.09 Å². The van der Waals surface area contributed by atoms with Crippen LogP contribution in [0, 0.1) is 0 Å². The Morgan fingerprint density at radius 1 is 1.20 bits per heavy atom. The van der Waals surface area contributed by atoms with Crippen LogP contribution < -0.4 is 0 Å². The predicted octanol–water partition coefficient (Wildman–Crippen LogP) is 1.95. The highest BCUT2D eigenvalue weighted by atomic mass is 16.6. The molecule has 1 heterocycles. The lowest BCUT2D eigenvalue weighted by atomic mass is 10.2. The number of amides is 1. The number of carbonyl (C=O) groups is 2. The minimum absolute atomic E-state index is 0.318. The fraction of sp³-hybridized carbons (Fsp3) is 0.857. The number of ether oxygens (including phenoxy) is 2. The summed E-state index contributed by atoms with van der Waals surface area (Å²) in [5.41, 5.74) is -0.771. The number of hydrogen-bond donors (Lipinski definition) is 1. The van der Waals surface area contributed by atoms with E-state index in [0.717, 1.165) is 0 Å². The van der Waals surface area contributed by atoms with Crippen molar-refractivity contribution >= 4 is 12.6 Å². The molecule has 0 bridgehead atoms. The lowest BCUT2D eigenvalue weighted by molar-refractivity contribution is -0.138. The Hall–Kier alpha value is -1.30. The van der Waals surface area contributed by atoms with E-state index >= 15 is 0 Å². The van der Waals surface area contributed by atoms with Crippen LogP contribution in [0.2, 0.25) is 0 Å². The van der Waals surface area contributed by atoms with Crippen LogP contribution in [0.15, 0.2) is 0 Å². The van der Waals surface area contributed by atoms with Crippen LogP contribution in [-0.2, 0) is 14.3 Å². The van der Waals surface area contributed by atoms with E-state index in [9.17, 15) is 14.7 Å². The van der Waals surface area contributed by atoms with Crippen molar-refractivity contribution in [1.82, 2.24) is 4.90 Å². The first-order valence-electron chi connectivity index (χ1n) is 6.72. The fourth-order valence-corrected chi connectivity index (χ4v) is 1.38. The molecule has 0 spiro atoms. The molecule has 1 N–H and O–H groups in total. The molecule has 6 heteroatoms. The van der Waals surface area contributed by atoms with Gasteiger partial charge < -0.3 is 19.5 Å². The van der Waals surface area contributed by atoms with Gasteiger partial charge in [-0.15, -0.1) is 0 Å². The molecule has 1 aliphatic rings. The average Bonchev–Trinajstić information content (AvgIpc) is 2.61. The molecule has 0 aromatic heterocycles. The Morgan fingerprint density at radius 2 is 1.75 bits per heavy atom. The van der Waals surface area contributed by atoms with Gasteiger partial charge in [0.15, 0.2) is 0 Å². The molecule has 0 saturated carbocycles. The first kappa shape index (κ1) is 18.7. The van der Waals surface area contributed by atoms with Crippen molar-refractivity contribution in [2.45, 2.75) is 65.3 Å². The normalized spacial score (nSPS) is 18.9. The van der Waals surface area contributed by atoms with Crippen LogP contribution in [0.3, 0.4) is 0 Å². The fourth-order valence-electron chi connectivity index (χ4n) is 1.38. The van der Waals surface area contributed by atoms with E-state index in [2.05, 4.69) is 4.74 Å². The maximum atomic E-state index is 11.4. The van der Waals surface area contributed by atoms with Crippen LogP contribution in [0.1, 0.15) is 48.0 Å². The number of β-amino-alcohol motifs (C(OH)–C–C–N with tert-alkyl or cyclic N) is 1. The van der Waals surface area contributed by atoms with Crippen molar-refractivity contribution in [3.63, 3.8) is 0 Å². The maximum Gasteiger partial charge on any atom is 0.410 e. The lowest BCUT2D eigenvalue weighted by Gasteiger charge is -2.24. The maximum absolute atomic E-state index is 11.4. The SMILES string of the molecule is CC(C)(C)OC(=O)N1CCC(O)C1.CC(C)(C)OC=O. The van der Waals surface area contributed by atoms with Gasteiger partial charge in [0.2, 0.25) is 0 Å². The predicted molar refractivity (Wildman–Crippen MR) is 75.3 cm³/mol. The molecule has 0 aliphatic carbocycles. The van der Waals surface area contributed by atoms with E-state index in [1.54, 1.807) is 0 Å². The quantitative estimate of drug-likeness (QED) is 0.747. The molecule has 0 aromatic carbocycles. The van der Waals surface area contributed by atoms with Crippen molar-refractivity contribution in [3.8, 4) is 0 Å². The highest BCUT2D eigenvalue weighted by Crippen LogP contribution is 2.14. The molecular weight excluding hydrogens is 262 g/mol. The number of nitrogens with zero attached hydrogens (tertiary/aromatic N) is 1. The van der Waals surface area contributed by atoms with Crippen molar-refractivity contribution in [2.75, 3.05) is 13.1 Å². The zero-order valence-electron chi connectivity index (χ0n) is 13.3. The van der Waals surface area contributed by atoms with E-state index in [1.807, 2.05) is 41.5 Å². The molecule has 6 nitrogen and oxygen atoms in total. The Labute approximate surface area is 121 Å². The average molecular weight is 289 g/mol. The number of aliphatic hydroxyl groups is 1. The summed E-state index contributed by atoms with van der Waals surface area (Å²) >= 11 is 0. The third kappa shape index (κ3) is 9.61. The monoisotopic (exact) mass is 289 g/mol. The van der Waals surface area contributed by atoms with Gasteiger partial charge in [-0.2, -0.15) is 0 Å². The summed E-state index contributed by atoms with van der Waals surface area (Å²) in [4.78, 5) is 22.5. The Bertz CT molecular complexity index is 317. The van der Waals surface area contributed by atoms with Gasteiger partial charge in [0, 0.05) is 13.1 Å². The van der Waals surface area contributed by atoms with Crippen LogP contribution in [0.5, 0.6) is 0 Å². The molecule has 0 aromatic rings. The minimum atomic E-state index is -0.454. The summed E-state index contributed by atoms with van der Waals surface area (Å²) in [7, 11) is 0. The molecule has 1 fully saturated rings. The molecule has 1 atom stereocenters. The van der Waals surface area contributed by atoms with Crippen LogP contribution in [-0.4, -0.2) is 53.0 Å². The molecule has 1 unspecified atom stereocenters. The van der Waals surface area contributed by atoms with E-state index in [0.29, 0.717) is 26.0 Å². The number of hydrogen-bond acceptors (Lipinski definition) is 5. The van der Waals surface area contributed by atoms with E-state index in [-0.39, 0.29) is 17.8 Å². The second-order valence-electron chi connectivity index (χ2n) is 6.70. The first-order chi connectivity index (χ1) is 8.94. The molecule has 118 valence electrons. The highest BCUT2D eigenvalue weighted by Gasteiger charge is 2.28. The molecule has 20 heavy (non-hydrogen) atoms. The Balaban J connectivity index is 0.000000441. The summed E-state index contributed by atoms with van der Waals surface area (Å²) in [6.45, 7) is 12.4. The number of aliphatic hydroxyl groups excluding tert-OH is 1. The summed E-state index contributed by atoms with van der Waals surface area (Å²) in [6.07, 6.45) is -0.0595. The van der Waals surface area contributed by atoms with E-state index < -0.39 is 5.60 Å². The summed E-state index contributed by atoms with van der Waals surface area (Å²) in [6, 6.07) is 0. The molecular formula is C14H27NO5. The summed E-state index contributed by atoms with van der Waals surface area (Å²) in [5, 5.41) is 9.20. The molecule has 1 aliphatic heterocycles. The summed E-state index contributed by atoms with van der Waals surface area (Å²) in [5.74, 6) is 0. The molecule has 1 rings (SSSR count). The molecule has 1 amide bonds. The first-order valence-corrected chi connectivity index (χ1v) is 6.72. The number of rotatable bonds is 1. The Morgan fingerprint density at radius 3 is 2.00 bits per heavy atom. The van der Waals surface area contributed by atoms with Gasteiger partial charge in [-0.25, -0.2) is 4.79 Å². The zero-order valence-corrected chi connectivity index (χ0v) is 13.3. The lowest BCUT2D eigenvalue weighted by Crippen LogP contribution is -2.35. The number of likely N-dealkylation sites (tertiary alicyclic amines) is 1. The second kappa shape index (κ2) is 7.47. The summed E-state index contributed by atoms with van der Waals surface area (Å²) < 4.78 is 9.69. The van der Waals surface area contributed by atoms with Crippen molar-refractivity contribution in [1.29, 1.82) is 0 Å². The van der Waals surface area contributed by atoms with Gasteiger partial charge in [0.05, 0.1) is 6.10 Å². The highest BCUT2D eigenvalue weighted by molar-refractivity contribution is 5.68. The molecule has 0 radical (unpaired) electrons. The van der Waals surface area contributed by atoms with Crippen LogP contribution in [0.25, 0.3) is 0 Å². The smallest absolute Gasteiger partial charge is 0.410 e. The van der Waals surface area contributed by atoms with Gasteiger partial charge in [-0.1, -0.05) is 0 Å². The van der Waals surface area contributed by atoms with Gasteiger partial charge in [-0.3, -0.25) is 4.79 Å². The van der Waals surface area contributed by atoms with Gasteiger partial charge in [0.25, 0.3) is 6.47 Å². The van der Waals surface area contributed by atoms with Crippen molar-refractivity contribution < 1.29 is 24.2 Å². The van der Waals surface area contributed by atoms with Crippen LogP contribution >= 0.6 is 0 Å². The van der Waals surface area contributed by atoms with E-state index in [1.165, 1.54) is 4.90 Å². The molecule has 1 saturated heterocycles. The largest absolute Gasteiger partial charge is 0.462 e. The Kier molecular flexibility index (Phi) is 6.99. The zero-order chi connectivity index (χ0) is 16.0. The third-order valence-electron chi connectivity index (χ3n) is 2.22. The minimum Gasteiger partial charge on any atom is -0.462 e. The van der Waals surface area contributed by atoms with Gasteiger partial charge in [-0.05, 0) is 48.0 Å². The van der Waals surface area contributed by atoms with Crippen LogP contribution in [0.4, 0.5) is 4.79 Å². The third-order valence-corrected chi connectivity index (χ3v) is 2.22. The van der Waals surface area contributed by atoms with Crippen molar-refractivity contribution in [2.24, 2.45) is 0 Å². The number of carbonyl (C=O) groups excluding carboxylic acids is 2. The van der Waals surface area contributed by atoms with Crippen molar-refractivity contribution in [3.05, 3.63) is 0 Å². The van der Waals surface area contributed by atoms with E-state index in [4.69, 9.17) is 4.74 Å². The second-order valence-corrected chi connectivity index (χ2v) is 6.70.